The van der Waals surface area contributed by atoms with E-state index in [1.165, 1.54) is 9.80 Å². The van der Waals surface area contributed by atoms with E-state index in [2.05, 4.69) is 10.1 Å². The molecule has 0 radical (unpaired) electrons. The zero-order chi connectivity index (χ0) is 18.3. The van der Waals surface area contributed by atoms with Gasteiger partial charge in [-0.1, -0.05) is 4.99 Å². The number of aryl methyl sites for hydroxylation is 2. The lowest BCUT2D eigenvalue weighted by atomic mass is 10.1. The minimum absolute atomic E-state index is 0.225. The van der Waals surface area contributed by atoms with Gasteiger partial charge in [0.25, 0.3) is 5.91 Å². The summed E-state index contributed by atoms with van der Waals surface area (Å²) in [5.74, 6) is 0.665. The third-order valence-electron chi connectivity index (χ3n) is 4.39. The van der Waals surface area contributed by atoms with E-state index in [4.69, 9.17) is 4.74 Å². The molecule has 3 rings (SSSR count). The highest BCUT2D eigenvalue weighted by Gasteiger charge is 2.52. The Morgan fingerprint density at radius 2 is 2.04 bits per heavy atom. The molecular weight excluding hydrogens is 324 g/mol. The molecule has 3 amide bonds. The van der Waals surface area contributed by atoms with Crippen LogP contribution in [0.4, 0.5) is 4.79 Å². The molecule has 1 fully saturated rings. The van der Waals surface area contributed by atoms with Crippen molar-refractivity contribution in [1.82, 2.24) is 19.6 Å². The molecule has 0 saturated carbocycles. The number of carbonyl (C=O) groups excluding carboxylic acids is 2. The van der Waals surface area contributed by atoms with Crippen molar-refractivity contribution in [3.63, 3.8) is 0 Å². The molecule has 1 unspecified atom stereocenters. The Morgan fingerprint density at radius 3 is 2.64 bits per heavy atom. The minimum atomic E-state index is -0.636. The maximum Gasteiger partial charge on any atom is 0.421 e. The van der Waals surface area contributed by atoms with Gasteiger partial charge < -0.3 is 4.74 Å². The van der Waals surface area contributed by atoms with Crippen LogP contribution in [0.25, 0.3) is 0 Å². The number of imide groups is 1. The molecule has 1 atom stereocenters. The summed E-state index contributed by atoms with van der Waals surface area (Å²) in [7, 11) is 3.42. The number of nitrogens with zero attached hydrogens (tertiary/aromatic N) is 6. The van der Waals surface area contributed by atoms with E-state index < -0.39 is 6.04 Å². The van der Waals surface area contributed by atoms with Crippen molar-refractivity contribution >= 4 is 23.7 Å². The van der Waals surface area contributed by atoms with Crippen LogP contribution in [0.15, 0.2) is 11.1 Å². The summed E-state index contributed by atoms with van der Waals surface area (Å²) in [6, 6.07) is 0.916. The number of fused-ring (bicyclic) bond motifs is 1. The van der Waals surface area contributed by atoms with E-state index in [0.29, 0.717) is 25.0 Å². The van der Waals surface area contributed by atoms with E-state index in [1.807, 2.05) is 26.8 Å². The molecule has 2 aliphatic heterocycles. The van der Waals surface area contributed by atoms with Gasteiger partial charge in [0.15, 0.2) is 0 Å². The van der Waals surface area contributed by atoms with Crippen molar-refractivity contribution < 1.29 is 18.9 Å². The molecule has 9 nitrogen and oxygen atoms in total. The molecule has 0 aromatic carbocycles. The first-order valence-corrected chi connectivity index (χ1v) is 8.25. The lowest BCUT2D eigenvalue weighted by molar-refractivity contribution is -0.507. The first-order chi connectivity index (χ1) is 11.9. The van der Waals surface area contributed by atoms with E-state index in [0.717, 1.165) is 11.4 Å². The van der Waals surface area contributed by atoms with Crippen LogP contribution in [0, 0.1) is 13.8 Å². The second kappa shape index (κ2) is 6.40. The Morgan fingerprint density at radius 1 is 1.32 bits per heavy atom. The lowest BCUT2D eigenvalue weighted by Crippen LogP contribution is -2.62. The van der Waals surface area contributed by atoms with Crippen LogP contribution in [0.2, 0.25) is 0 Å². The predicted octanol–water partition coefficient (Wildman–Crippen LogP) is 0.0575. The second-order valence-electron chi connectivity index (χ2n) is 6.15. The number of aromatic nitrogens is 2. The predicted molar refractivity (Wildman–Crippen MR) is 90.9 cm³/mol. The summed E-state index contributed by atoms with van der Waals surface area (Å²) in [5.41, 5.74) is 1.78. The largest absolute Gasteiger partial charge is 0.421 e. The van der Waals surface area contributed by atoms with E-state index in [1.54, 1.807) is 23.4 Å². The molecule has 0 bridgehead atoms. The molecule has 1 aromatic rings. The summed E-state index contributed by atoms with van der Waals surface area (Å²) in [6.07, 6.45) is 0. The van der Waals surface area contributed by atoms with Crippen LogP contribution in [-0.4, -0.2) is 87.8 Å². The number of carbonyl (C=O) groups is 2. The first-order valence-electron chi connectivity index (χ1n) is 8.25. The molecule has 2 aliphatic rings. The van der Waals surface area contributed by atoms with Gasteiger partial charge in [0.05, 0.1) is 25.9 Å². The zero-order valence-corrected chi connectivity index (χ0v) is 15.2. The van der Waals surface area contributed by atoms with Gasteiger partial charge in [0.1, 0.15) is 5.69 Å². The van der Waals surface area contributed by atoms with E-state index >= 15 is 0 Å². The number of likely N-dealkylation sites (N-methyl/N-ethyl adjacent to an activating group) is 2. The highest BCUT2D eigenvalue weighted by atomic mass is 16.5. The second-order valence-corrected chi connectivity index (χ2v) is 6.15. The van der Waals surface area contributed by atoms with Crippen LogP contribution in [0.3, 0.4) is 0 Å². The van der Waals surface area contributed by atoms with Gasteiger partial charge in [-0.15, -0.1) is 9.78 Å². The van der Waals surface area contributed by atoms with Gasteiger partial charge in [-0.25, -0.2) is 9.37 Å². The van der Waals surface area contributed by atoms with Crippen molar-refractivity contribution in [1.29, 1.82) is 0 Å². The average Bonchev–Trinajstić information content (AvgIpc) is 3.08. The number of amidine groups is 1. The summed E-state index contributed by atoms with van der Waals surface area (Å²) in [4.78, 5) is 32.6. The van der Waals surface area contributed by atoms with Crippen molar-refractivity contribution in [2.75, 3.05) is 33.9 Å². The molecule has 0 spiro atoms. The monoisotopic (exact) mass is 347 g/mol. The fraction of sp³-hybridized carbons (Fsp3) is 0.562. The highest BCUT2D eigenvalue weighted by Crippen LogP contribution is 2.20. The molecule has 3 heterocycles. The zero-order valence-electron chi connectivity index (χ0n) is 15.2. The normalized spacial score (nSPS) is 20.5. The molecule has 25 heavy (non-hydrogen) atoms. The number of urea groups is 1. The Kier molecular flexibility index (Phi) is 4.42. The summed E-state index contributed by atoms with van der Waals surface area (Å²) < 4.78 is 8.74. The van der Waals surface area contributed by atoms with Gasteiger partial charge in [-0.3, -0.25) is 14.6 Å². The van der Waals surface area contributed by atoms with Crippen molar-refractivity contribution in [3.05, 3.63) is 17.5 Å². The summed E-state index contributed by atoms with van der Waals surface area (Å²) >= 11 is 0. The number of ether oxygens (including phenoxy) is 1. The van der Waals surface area contributed by atoms with E-state index in [9.17, 15) is 9.59 Å². The van der Waals surface area contributed by atoms with Gasteiger partial charge in [0.2, 0.25) is 11.9 Å². The summed E-state index contributed by atoms with van der Waals surface area (Å²) in [6.45, 7) is 6.78. The number of aliphatic imine (C=N–C) groups is 1. The molecule has 0 aliphatic carbocycles. The number of hydrogen-bond acceptors (Lipinski definition) is 5. The fourth-order valence-corrected chi connectivity index (χ4v) is 3.12. The fourth-order valence-electron chi connectivity index (χ4n) is 3.12. The smallest absolute Gasteiger partial charge is 0.380 e. The molecule has 134 valence electrons. The van der Waals surface area contributed by atoms with Crippen molar-refractivity contribution in [3.8, 4) is 0 Å². The van der Waals surface area contributed by atoms with Gasteiger partial charge in [-0.05, 0) is 26.8 Å². The van der Waals surface area contributed by atoms with Crippen LogP contribution < -0.4 is 0 Å². The lowest BCUT2D eigenvalue weighted by Gasteiger charge is -2.33. The Bertz CT molecular complexity index is 794. The topological polar surface area (TPSA) is 83.0 Å². The van der Waals surface area contributed by atoms with Crippen LogP contribution in [0.5, 0.6) is 0 Å². The van der Waals surface area contributed by atoms with Gasteiger partial charge >= 0.3 is 12.0 Å². The van der Waals surface area contributed by atoms with Crippen molar-refractivity contribution in [2.24, 2.45) is 4.99 Å². The standard InChI is InChI=1S/C16H23N6O3/c1-6-25-8-7-21-14(23)12-13(20(5)16(21)24)17-15(19(12)4)22-11(3)9-10(2)18-22/h9,12H,6-8H2,1-5H3/q+1. The quantitative estimate of drug-likeness (QED) is 0.569. The van der Waals surface area contributed by atoms with Crippen molar-refractivity contribution in [2.45, 2.75) is 26.8 Å². The third-order valence-corrected chi connectivity index (χ3v) is 4.39. The summed E-state index contributed by atoms with van der Waals surface area (Å²) in [5, 5.41) is 4.43. The average molecular weight is 347 g/mol. The van der Waals surface area contributed by atoms with Gasteiger partial charge in [0, 0.05) is 13.7 Å². The number of amides is 3. The maximum atomic E-state index is 12.9. The van der Waals surface area contributed by atoms with E-state index in [-0.39, 0.29) is 18.5 Å². The Hall–Kier alpha value is -2.55. The Labute approximate surface area is 146 Å². The Balaban J connectivity index is 1.97. The molecule has 9 heteroatoms. The van der Waals surface area contributed by atoms with Crippen LogP contribution in [-0.2, 0) is 9.53 Å². The molecule has 1 saturated heterocycles. The molecule has 0 N–H and O–H groups in total. The highest BCUT2D eigenvalue weighted by molar-refractivity contribution is 6.22. The minimum Gasteiger partial charge on any atom is -0.380 e. The maximum absolute atomic E-state index is 12.9. The first kappa shape index (κ1) is 17.3. The number of hydrogen-bond donors (Lipinski definition) is 0. The SMILES string of the molecule is CCOCCN1C(=O)C2C(=NC(n3nc(C)cc3C)=[N+]2C)N(C)C1=O. The van der Waals surface area contributed by atoms with Gasteiger partial charge in [-0.2, -0.15) is 0 Å². The third kappa shape index (κ3) is 2.74. The number of rotatable bonds is 4. The molecular formula is C16H23N6O3+. The molecule has 1 aromatic heterocycles. The van der Waals surface area contributed by atoms with Crippen LogP contribution >= 0.6 is 0 Å². The van der Waals surface area contributed by atoms with Crippen LogP contribution in [0.1, 0.15) is 18.3 Å².